The molecule has 0 aliphatic carbocycles. The number of amides is 1. The molecule has 12 heteroatoms. The van der Waals surface area contributed by atoms with Crippen molar-refractivity contribution in [2.45, 2.75) is 18.4 Å². The van der Waals surface area contributed by atoms with Crippen LogP contribution in [-0.4, -0.2) is 31.1 Å². The lowest BCUT2D eigenvalue weighted by Gasteiger charge is -2.28. The predicted octanol–water partition coefficient (Wildman–Crippen LogP) is 2.90. The van der Waals surface area contributed by atoms with Crippen LogP contribution in [0.25, 0.3) is 0 Å². The van der Waals surface area contributed by atoms with Gasteiger partial charge in [-0.1, -0.05) is 16.8 Å². The van der Waals surface area contributed by atoms with Gasteiger partial charge in [0.25, 0.3) is 15.9 Å². The number of ether oxygens (including phenoxy) is 1. The van der Waals surface area contributed by atoms with E-state index in [1.54, 1.807) is 6.92 Å². The highest BCUT2D eigenvalue weighted by atomic mass is 35.5. The smallest absolute Gasteiger partial charge is 0.265 e. The molecule has 0 bridgehead atoms. The van der Waals surface area contributed by atoms with Crippen molar-refractivity contribution < 1.29 is 26.9 Å². The number of nitrogens with zero attached hydrogens (tertiary/aromatic N) is 3. The highest BCUT2D eigenvalue weighted by molar-refractivity contribution is 7.92. The number of hydrogen-bond acceptors (Lipinski definition) is 7. The Kier molecular flexibility index (Phi) is 5.08. The first-order valence-electron chi connectivity index (χ1n) is 8.57. The van der Waals surface area contributed by atoms with Gasteiger partial charge >= 0.3 is 0 Å². The fourth-order valence-electron chi connectivity index (χ4n) is 2.84. The Bertz CT molecular complexity index is 1250. The van der Waals surface area contributed by atoms with Crippen molar-refractivity contribution in [1.82, 2.24) is 10.1 Å². The Hall–Kier alpha value is -3.18. The number of hydrogen-bond donors (Lipinski definition) is 1. The Morgan fingerprint density at radius 1 is 1.27 bits per heavy atom. The van der Waals surface area contributed by atoms with E-state index in [0.717, 1.165) is 12.1 Å². The third-order valence-electron chi connectivity index (χ3n) is 4.22. The number of carbonyl (C=O) groups is 1. The van der Waals surface area contributed by atoms with Crippen LogP contribution in [0.15, 0.2) is 45.8 Å². The molecule has 2 aromatic carbocycles. The van der Waals surface area contributed by atoms with E-state index in [0.29, 0.717) is 11.6 Å². The Morgan fingerprint density at radius 3 is 2.77 bits per heavy atom. The van der Waals surface area contributed by atoms with E-state index in [1.807, 2.05) is 0 Å². The zero-order valence-electron chi connectivity index (χ0n) is 15.4. The van der Waals surface area contributed by atoms with Crippen molar-refractivity contribution in [3.8, 4) is 5.75 Å². The summed E-state index contributed by atoms with van der Waals surface area (Å²) in [5, 5.41) is 3.54. The number of sulfonamides is 1. The molecule has 1 N–H and O–H groups in total. The molecule has 156 valence electrons. The monoisotopic (exact) mass is 452 g/mol. The summed E-state index contributed by atoms with van der Waals surface area (Å²) in [6.07, 6.45) is 0. The Morgan fingerprint density at radius 2 is 2.07 bits per heavy atom. The standard InChI is InChI=1S/C18H14ClFN4O5S/c1-10-21-17(22-29-10)8-24-15-7-12(3-5-16(15)28-9-18(24)25)30(26,27)23-11-2-4-14(20)13(19)6-11/h2-7,23H,8-9H2,1H3. The number of nitrogens with one attached hydrogen (secondary N) is 1. The molecule has 9 nitrogen and oxygen atoms in total. The largest absolute Gasteiger partial charge is 0.482 e. The van der Waals surface area contributed by atoms with E-state index in [1.165, 1.54) is 29.2 Å². The molecule has 1 aliphatic rings. The van der Waals surface area contributed by atoms with Gasteiger partial charge in [-0.3, -0.25) is 14.4 Å². The van der Waals surface area contributed by atoms with Crippen molar-refractivity contribution in [3.63, 3.8) is 0 Å². The number of aryl methyl sites for hydroxylation is 1. The molecular weight excluding hydrogens is 439 g/mol. The van der Waals surface area contributed by atoms with Crippen LogP contribution in [-0.2, 0) is 21.4 Å². The van der Waals surface area contributed by atoms with Crippen molar-refractivity contribution in [1.29, 1.82) is 0 Å². The molecule has 1 aliphatic heterocycles. The van der Waals surface area contributed by atoms with Crippen LogP contribution in [0.1, 0.15) is 11.7 Å². The van der Waals surface area contributed by atoms with E-state index in [2.05, 4.69) is 14.9 Å². The molecule has 30 heavy (non-hydrogen) atoms. The van der Waals surface area contributed by atoms with E-state index in [-0.39, 0.29) is 40.3 Å². The van der Waals surface area contributed by atoms with Crippen LogP contribution in [0.5, 0.6) is 5.75 Å². The molecule has 0 saturated carbocycles. The zero-order chi connectivity index (χ0) is 21.5. The van der Waals surface area contributed by atoms with Crippen molar-refractivity contribution in [3.05, 3.63) is 59.0 Å². The summed E-state index contributed by atoms with van der Waals surface area (Å²) in [4.78, 5) is 17.6. The topological polar surface area (TPSA) is 115 Å². The maximum absolute atomic E-state index is 13.3. The van der Waals surface area contributed by atoms with Gasteiger partial charge in [-0.25, -0.2) is 12.8 Å². The van der Waals surface area contributed by atoms with Crippen molar-refractivity contribution in [2.24, 2.45) is 0 Å². The van der Waals surface area contributed by atoms with E-state index in [9.17, 15) is 17.6 Å². The molecule has 3 aromatic rings. The fraction of sp³-hybridized carbons (Fsp3) is 0.167. The Labute approximate surface area is 175 Å². The summed E-state index contributed by atoms with van der Waals surface area (Å²) in [5.74, 6) is -0.127. The third-order valence-corrected chi connectivity index (χ3v) is 5.89. The summed E-state index contributed by atoms with van der Waals surface area (Å²) >= 11 is 5.71. The molecule has 4 rings (SSSR count). The second-order valence-electron chi connectivity index (χ2n) is 6.36. The van der Waals surface area contributed by atoms with Gasteiger partial charge in [-0.2, -0.15) is 4.98 Å². The minimum atomic E-state index is -4.06. The third kappa shape index (κ3) is 3.94. The lowest BCUT2D eigenvalue weighted by atomic mass is 10.2. The molecule has 2 heterocycles. The molecule has 0 unspecified atom stereocenters. The van der Waals surface area contributed by atoms with Crippen LogP contribution in [0, 0.1) is 12.7 Å². The van der Waals surface area contributed by atoms with Crippen LogP contribution >= 0.6 is 11.6 Å². The fourth-order valence-corrected chi connectivity index (χ4v) is 4.09. The average molecular weight is 453 g/mol. The average Bonchev–Trinajstić information content (AvgIpc) is 3.11. The van der Waals surface area contributed by atoms with Crippen molar-refractivity contribution in [2.75, 3.05) is 16.2 Å². The molecule has 1 aromatic heterocycles. The van der Waals surface area contributed by atoms with Gasteiger partial charge in [0, 0.05) is 6.92 Å². The van der Waals surface area contributed by atoms with Gasteiger partial charge in [0.1, 0.15) is 11.6 Å². The number of benzene rings is 2. The predicted molar refractivity (Wildman–Crippen MR) is 104 cm³/mol. The second kappa shape index (κ2) is 7.58. The molecular formula is C18H14ClFN4O5S. The molecule has 0 saturated heterocycles. The van der Waals surface area contributed by atoms with E-state index in [4.69, 9.17) is 20.9 Å². The number of anilines is 2. The van der Waals surface area contributed by atoms with Crippen molar-refractivity contribution >= 4 is 38.9 Å². The maximum Gasteiger partial charge on any atom is 0.265 e. The number of halogens is 2. The quantitative estimate of drug-likeness (QED) is 0.632. The maximum atomic E-state index is 13.3. The Balaban J connectivity index is 1.67. The van der Waals surface area contributed by atoms with Gasteiger partial charge < -0.3 is 9.26 Å². The molecule has 0 spiro atoms. The van der Waals surface area contributed by atoms with Gasteiger partial charge in [-0.05, 0) is 36.4 Å². The summed E-state index contributed by atoms with van der Waals surface area (Å²) in [7, 11) is -4.06. The van der Waals surface area contributed by atoms with Gasteiger partial charge in [0.05, 0.1) is 27.8 Å². The first-order chi connectivity index (χ1) is 14.2. The lowest BCUT2D eigenvalue weighted by molar-refractivity contribution is -0.121. The first-order valence-corrected chi connectivity index (χ1v) is 10.4. The van der Waals surface area contributed by atoms with Crippen LogP contribution < -0.4 is 14.4 Å². The van der Waals surface area contributed by atoms with E-state index < -0.39 is 21.7 Å². The molecule has 1 amide bonds. The minimum absolute atomic E-state index is 0.0168. The van der Waals surface area contributed by atoms with E-state index >= 15 is 0 Å². The van der Waals surface area contributed by atoms with Gasteiger partial charge in [-0.15, -0.1) is 0 Å². The molecule has 0 atom stereocenters. The number of aromatic nitrogens is 2. The number of rotatable bonds is 5. The van der Waals surface area contributed by atoms with Crippen LogP contribution in [0.4, 0.5) is 15.8 Å². The number of carbonyl (C=O) groups excluding carboxylic acids is 1. The van der Waals surface area contributed by atoms with Crippen LogP contribution in [0.3, 0.4) is 0 Å². The molecule has 0 radical (unpaired) electrons. The van der Waals surface area contributed by atoms with Crippen LogP contribution in [0.2, 0.25) is 5.02 Å². The second-order valence-corrected chi connectivity index (χ2v) is 8.45. The summed E-state index contributed by atoms with van der Waals surface area (Å²) in [5.41, 5.74) is 0.333. The summed E-state index contributed by atoms with van der Waals surface area (Å²) < 4.78 is 51.6. The van der Waals surface area contributed by atoms with Gasteiger partial charge in [0.15, 0.2) is 12.4 Å². The lowest BCUT2D eigenvalue weighted by Crippen LogP contribution is -2.38. The SMILES string of the molecule is Cc1nc(CN2C(=O)COc3ccc(S(=O)(=O)Nc4ccc(F)c(Cl)c4)cc32)no1. The summed E-state index contributed by atoms with van der Waals surface area (Å²) in [6.45, 7) is 1.39. The highest BCUT2D eigenvalue weighted by Gasteiger charge is 2.29. The minimum Gasteiger partial charge on any atom is -0.482 e. The first kappa shape index (κ1) is 20.1. The van der Waals surface area contributed by atoms with Gasteiger partial charge in [0.2, 0.25) is 5.89 Å². The molecule has 0 fully saturated rings. The zero-order valence-corrected chi connectivity index (χ0v) is 17.0. The summed E-state index contributed by atoms with van der Waals surface area (Å²) in [6, 6.07) is 7.53. The number of fused-ring (bicyclic) bond motifs is 1. The normalized spacial score (nSPS) is 13.7. The highest BCUT2D eigenvalue weighted by Crippen LogP contribution is 2.35.